The summed E-state index contributed by atoms with van der Waals surface area (Å²) >= 11 is 0. The molecule has 1 atom stereocenters. The van der Waals surface area contributed by atoms with E-state index in [2.05, 4.69) is 27.0 Å². The fraction of sp³-hybridized carbons (Fsp3) is 0.467. The first-order valence-electron chi connectivity index (χ1n) is 6.85. The monoisotopic (exact) mass is 290 g/mol. The molecule has 0 amide bonds. The van der Waals surface area contributed by atoms with Crippen molar-refractivity contribution in [3.8, 4) is 11.5 Å². The van der Waals surface area contributed by atoms with E-state index in [-0.39, 0.29) is 6.04 Å². The Morgan fingerprint density at radius 1 is 1.29 bits per heavy atom. The van der Waals surface area contributed by atoms with Crippen molar-refractivity contribution >= 4 is 0 Å². The minimum absolute atomic E-state index is 0.171. The molecule has 0 saturated heterocycles. The van der Waals surface area contributed by atoms with Gasteiger partial charge in [-0.05, 0) is 27.0 Å². The van der Waals surface area contributed by atoms with Gasteiger partial charge in [-0.15, -0.1) is 0 Å². The number of benzene rings is 1. The quantitative estimate of drug-likeness (QED) is 0.884. The second-order valence-electron chi connectivity index (χ2n) is 5.04. The molecule has 0 spiro atoms. The SMILES string of the molecule is COc1ccc([C@H](C)N(C)Cc2n[nH]c(C)n2)c(OC)c1. The summed E-state index contributed by atoms with van der Waals surface area (Å²) in [6.45, 7) is 4.69. The molecule has 0 aliphatic carbocycles. The zero-order valence-electron chi connectivity index (χ0n) is 13.2. The summed E-state index contributed by atoms with van der Waals surface area (Å²) in [7, 11) is 5.36. The predicted octanol–water partition coefficient (Wildman–Crippen LogP) is 2.32. The van der Waals surface area contributed by atoms with Gasteiger partial charge in [0.25, 0.3) is 0 Å². The Morgan fingerprint density at radius 2 is 2.05 bits per heavy atom. The Hall–Kier alpha value is -2.08. The van der Waals surface area contributed by atoms with Crippen LogP contribution in [0.15, 0.2) is 18.2 Å². The Kier molecular flexibility index (Phi) is 4.80. The third-order valence-electron chi connectivity index (χ3n) is 3.59. The first-order valence-corrected chi connectivity index (χ1v) is 6.85. The van der Waals surface area contributed by atoms with Crippen molar-refractivity contribution in [1.82, 2.24) is 20.1 Å². The normalized spacial score (nSPS) is 12.5. The number of nitrogens with one attached hydrogen (secondary N) is 1. The maximum absolute atomic E-state index is 5.47. The number of ether oxygens (including phenoxy) is 2. The Morgan fingerprint density at radius 3 is 2.62 bits per heavy atom. The minimum atomic E-state index is 0.171. The number of H-pyrrole nitrogens is 1. The van der Waals surface area contributed by atoms with E-state index in [9.17, 15) is 0 Å². The standard InChI is InChI=1S/C15H22N4O2/c1-10(19(3)9-15-16-11(2)17-18-15)13-7-6-12(20-4)8-14(13)21-5/h6-8,10H,9H2,1-5H3,(H,16,17,18)/t10-/m0/s1. The van der Waals surface area contributed by atoms with Gasteiger partial charge in [0.2, 0.25) is 0 Å². The van der Waals surface area contributed by atoms with Crippen LogP contribution in [-0.2, 0) is 6.54 Å². The summed E-state index contributed by atoms with van der Waals surface area (Å²) in [6.07, 6.45) is 0. The van der Waals surface area contributed by atoms with Crippen LogP contribution < -0.4 is 9.47 Å². The van der Waals surface area contributed by atoms with E-state index in [1.54, 1.807) is 14.2 Å². The maximum Gasteiger partial charge on any atom is 0.164 e. The van der Waals surface area contributed by atoms with Crippen molar-refractivity contribution in [2.75, 3.05) is 21.3 Å². The topological polar surface area (TPSA) is 63.3 Å². The molecule has 2 aromatic rings. The van der Waals surface area contributed by atoms with Crippen LogP contribution in [-0.4, -0.2) is 41.3 Å². The van der Waals surface area contributed by atoms with Gasteiger partial charge in [-0.1, -0.05) is 6.07 Å². The number of nitrogens with zero attached hydrogens (tertiary/aromatic N) is 3. The molecule has 0 saturated carbocycles. The predicted molar refractivity (Wildman–Crippen MR) is 80.5 cm³/mol. The van der Waals surface area contributed by atoms with Crippen LogP contribution in [0.1, 0.15) is 30.2 Å². The molecule has 114 valence electrons. The molecule has 1 aromatic heterocycles. The average Bonchev–Trinajstić information content (AvgIpc) is 2.90. The molecule has 0 radical (unpaired) electrons. The third-order valence-corrected chi connectivity index (χ3v) is 3.59. The molecule has 1 heterocycles. The van der Waals surface area contributed by atoms with Gasteiger partial charge in [0.1, 0.15) is 17.3 Å². The van der Waals surface area contributed by atoms with E-state index >= 15 is 0 Å². The minimum Gasteiger partial charge on any atom is -0.497 e. The fourth-order valence-corrected chi connectivity index (χ4v) is 2.22. The van der Waals surface area contributed by atoms with Gasteiger partial charge in [0, 0.05) is 17.7 Å². The second kappa shape index (κ2) is 6.58. The van der Waals surface area contributed by atoms with Gasteiger partial charge in [-0.3, -0.25) is 10.00 Å². The fourth-order valence-electron chi connectivity index (χ4n) is 2.22. The average molecular weight is 290 g/mol. The Balaban J connectivity index is 2.16. The number of aromatic amines is 1. The maximum atomic E-state index is 5.47. The lowest BCUT2D eigenvalue weighted by Gasteiger charge is -2.25. The van der Waals surface area contributed by atoms with E-state index in [4.69, 9.17) is 9.47 Å². The summed E-state index contributed by atoms with van der Waals surface area (Å²) in [4.78, 5) is 6.51. The van der Waals surface area contributed by atoms with Crippen LogP contribution in [0.2, 0.25) is 0 Å². The highest BCUT2D eigenvalue weighted by molar-refractivity contribution is 5.42. The Bertz CT molecular complexity index is 597. The first kappa shape index (κ1) is 15.3. The highest BCUT2D eigenvalue weighted by Gasteiger charge is 2.18. The lowest BCUT2D eigenvalue weighted by Crippen LogP contribution is -2.23. The number of aryl methyl sites for hydroxylation is 1. The number of methoxy groups -OCH3 is 2. The summed E-state index contributed by atoms with van der Waals surface area (Å²) in [5.74, 6) is 3.22. The molecule has 6 heteroatoms. The van der Waals surface area contributed by atoms with E-state index < -0.39 is 0 Å². The van der Waals surface area contributed by atoms with Crippen molar-refractivity contribution in [3.63, 3.8) is 0 Å². The highest BCUT2D eigenvalue weighted by Crippen LogP contribution is 2.32. The van der Waals surface area contributed by atoms with Crippen LogP contribution in [0.5, 0.6) is 11.5 Å². The van der Waals surface area contributed by atoms with Crippen LogP contribution in [0.3, 0.4) is 0 Å². The Labute approximate surface area is 125 Å². The van der Waals surface area contributed by atoms with Crippen LogP contribution >= 0.6 is 0 Å². The molecule has 1 N–H and O–H groups in total. The molecule has 2 rings (SSSR count). The zero-order chi connectivity index (χ0) is 15.4. The molecular formula is C15H22N4O2. The van der Waals surface area contributed by atoms with E-state index in [0.717, 1.165) is 28.7 Å². The third kappa shape index (κ3) is 3.52. The summed E-state index contributed by atoms with van der Waals surface area (Å²) in [5, 5.41) is 7.03. The van der Waals surface area contributed by atoms with Gasteiger partial charge >= 0.3 is 0 Å². The summed E-state index contributed by atoms with van der Waals surface area (Å²) < 4.78 is 10.7. The van der Waals surface area contributed by atoms with E-state index in [0.29, 0.717) is 6.54 Å². The zero-order valence-corrected chi connectivity index (χ0v) is 13.2. The lowest BCUT2D eigenvalue weighted by atomic mass is 10.1. The van der Waals surface area contributed by atoms with Crippen LogP contribution in [0, 0.1) is 6.92 Å². The van der Waals surface area contributed by atoms with E-state index in [1.807, 2.05) is 32.2 Å². The molecule has 0 bridgehead atoms. The van der Waals surface area contributed by atoms with Gasteiger partial charge in [0.05, 0.1) is 20.8 Å². The molecule has 0 unspecified atom stereocenters. The van der Waals surface area contributed by atoms with Crippen molar-refractivity contribution < 1.29 is 9.47 Å². The van der Waals surface area contributed by atoms with Crippen molar-refractivity contribution in [1.29, 1.82) is 0 Å². The molecule has 0 aliphatic heterocycles. The van der Waals surface area contributed by atoms with Crippen molar-refractivity contribution in [3.05, 3.63) is 35.4 Å². The number of aromatic nitrogens is 3. The van der Waals surface area contributed by atoms with Gasteiger partial charge in [0.15, 0.2) is 5.82 Å². The molecule has 21 heavy (non-hydrogen) atoms. The van der Waals surface area contributed by atoms with Gasteiger partial charge in [-0.25, -0.2) is 4.98 Å². The summed E-state index contributed by atoms with van der Waals surface area (Å²) in [6, 6.07) is 6.04. The smallest absolute Gasteiger partial charge is 0.164 e. The van der Waals surface area contributed by atoms with Gasteiger partial charge < -0.3 is 9.47 Å². The van der Waals surface area contributed by atoms with Gasteiger partial charge in [-0.2, -0.15) is 5.10 Å². The highest BCUT2D eigenvalue weighted by atomic mass is 16.5. The molecular weight excluding hydrogens is 268 g/mol. The van der Waals surface area contributed by atoms with Crippen LogP contribution in [0.25, 0.3) is 0 Å². The lowest BCUT2D eigenvalue weighted by molar-refractivity contribution is 0.241. The van der Waals surface area contributed by atoms with Crippen LogP contribution in [0.4, 0.5) is 0 Å². The molecule has 1 aromatic carbocycles. The first-order chi connectivity index (χ1) is 10.0. The molecule has 0 aliphatic rings. The number of hydrogen-bond donors (Lipinski definition) is 1. The molecule has 0 fully saturated rings. The second-order valence-corrected chi connectivity index (χ2v) is 5.04. The number of rotatable bonds is 6. The molecule has 6 nitrogen and oxygen atoms in total. The largest absolute Gasteiger partial charge is 0.497 e. The number of hydrogen-bond acceptors (Lipinski definition) is 5. The summed E-state index contributed by atoms with van der Waals surface area (Å²) in [5.41, 5.74) is 1.10. The van der Waals surface area contributed by atoms with Crippen molar-refractivity contribution in [2.24, 2.45) is 0 Å². The van der Waals surface area contributed by atoms with E-state index in [1.165, 1.54) is 0 Å². The van der Waals surface area contributed by atoms with Crippen molar-refractivity contribution in [2.45, 2.75) is 26.4 Å².